The van der Waals surface area contributed by atoms with Crippen LogP contribution in [0, 0.1) is 17.0 Å². The van der Waals surface area contributed by atoms with Crippen LogP contribution in [0.15, 0.2) is 28.0 Å². The van der Waals surface area contributed by atoms with Gasteiger partial charge in [0, 0.05) is 32.3 Å². The molecule has 0 saturated heterocycles. The Labute approximate surface area is 172 Å². The van der Waals surface area contributed by atoms with Crippen molar-refractivity contribution in [2.75, 3.05) is 11.1 Å². The van der Waals surface area contributed by atoms with Crippen LogP contribution in [0.2, 0.25) is 0 Å². The first-order chi connectivity index (χ1) is 13.2. The fourth-order valence-electron chi connectivity index (χ4n) is 3.58. The summed E-state index contributed by atoms with van der Waals surface area (Å²) in [5.41, 5.74) is -2.11. The second kappa shape index (κ2) is 7.08. The van der Waals surface area contributed by atoms with Crippen LogP contribution in [0.1, 0.15) is 30.3 Å². The van der Waals surface area contributed by atoms with E-state index in [1.54, 1.807) is 0 Å². The van der Waals surface area contributed by atoms with E-state index in [0.29, 0.717) is 0 Å². The van der Waals surface area contributed by atoms with E-state index in [4.69, 9.17) is 0 Å². The fraction of sp³-hybridized carbons (Fsp3) is 0.412. The van der Waals surface area contributed by atoms with E-state index in [-0.39, 0.29) is 10.3 Å². The number of amides is 1. The highest BCUT2D eigenvalue weighted by Gasteiger charge is 2.55. The number of alkyl halides is 2. The van der Waals surface area contributed by atoms with Crippen LogP contribution >= 0.6 is 15.9 Å². The van der Waals surface area contributed by atoms with Gasteiger partial charge in [-0.2, -0.15) is 0 Å². The quantitative estimate of drug-likeness (QED) is 0.501. The van der Waals surface area contributed by atoms with Gasteiger partial charge in [0.15, 0.2) is 21.5 Å². The molecular weight excluding hydrogens is 482 g/mol. The average molecular weight is 498 g/mol. The molecular formula is C17H16BrF4N3O3S. The molecule has 12 heteroatoms. The molecule has 6 nitrogen and oxygen atoms in total. The first-order valence-electron chi connectivity index (χ1n) is 8.31. The zero-order chi connectivity index (χ0) is 21.8. The Morgan fingerprint density at radius 2 is 1.93 bits per heavy atom. The van der Waals surface area contributed by atoms with Crippen LogP contribution in [0.4, 0.5) is 23.2 Å². The van der Waals surface area contributed by atoms with Crippen LogP contribution < -0.4 is 5.32 Å². The molecule has 3 rings (SSSR count). The van der Waals surface area contributed by atoms with Crippen LogP contribution in [0.25, 0.3) is 0 Å². The second-order valence-corrected chi connectivity index (χ2v) is 10.2. The minimum absolute atomic E-state index is 0.170. The van der Waals surface area contributed by atoms with Crippen LogP contribution in [-0.2, 0) is 16.9 Å². The van der Waals surface area contributed by atoms with Crippen molar-refractivity contribution in [2.45, 2.75) is 30.6 Å². The number of anilines is 1. The van der Waals surface area contributed by atoms with Gasteiger partial charge in [-0.25, -0.2) is 31.0 Å². The third-order valence-electron chi connectivity index (χ3n) is 4.64. The summed E-state index contributed by atoms with van der Waals surface area (Å²) in [7, 11) is -3.04. The Balaban J connectivity index is 1.88. The molecule has 29 heavy (non-hydrogen) atoms. The normalized spacial score (nSPS) is 17.6. The monoisotopic (exact) mass is 497 g/mol. The summed E-state index contributed by atoms with van der Waals surface area (Å²) < 4.78 is 81.2. The molecule has 1 aliphatic carbocycles. The van der Waals surface area contributed by atoms with Gasteiger partial charge in [-0.1, -0.05) is 6.92 Å². The second-order valence-electron chi connectivity index (χ2n) is 7.46. The highest BCUT2D eigenvalue weighted by molar-refractivity contribution is 9.10. The number of halogens is 5. The maximum absolute atomic E-state index is 14.8. The summed E-state index contributed by atoms with van der Waals surface area (Å²) in [4.78, 5) is 15.3. The lowest BCUT2D eigenvalue weighted by molar-refractivity contribution is -0.144. The van der Waals surface area contributed by atoms with Crippen molar-refractivity contribution in [3.63, 3.8) is 0 Å². The van der Waals surface area contributed by atoms with E-state index in [1.165, 1.54) is 20.2 Å². The maximum atomic E-state index is 14.8. The van der Waals surface area contributed by atoms with Crippen molar-refractivity contribution in [1.82, 2.24) is 9.55 Å². The SMILES string of the molecule is Cn1cc(S(=O)(=O)CC2(C)CC(F)(F)C2)c(F)c1C(=O)Nc1ccnc(Br)c1F. The standard InChI is InChI=1S/C17H16BrF4N3O3S/c1-16(6-17(21,22)7-16)8-29(27,28)10-5-25(2)13(12(10)20)15(26)24-9-3-4-23-14(18)11(9)19/h3-5H,6-8H2,1-2H3,(H,23,24,26). The number of sulfone groups is 1. The minimum atomic E-state index is -4.28. The number of hydrogen-bond acceptors (Lipinski definition) is 4. The van der Waals surface area contributed by atoms with Crippen molar-refractivity contribution in [2.24, 2.45) is 12.5 Å². The summed E-state index contributed by atoms with van der Waals surface area (Å²) in [6.45, 7) is 1.39. The van der Waals surface area contributed by atoms with E-state index in [2.05, 4.69) is 26.2 Å². The maximum Gasteiger partial charge on any atom is 0.275 e. The minimum Gasteiger partial charge on any atom is -0.343 e. The van der Waals surface area contributed by atoms with Gasteiger partial charge in [-0.05, 0) is 27.4 Å². The number of carbonyl (C=O) groups excluding carboxylic acids is 1. The molecule has 2 heterocycles. The van der Waals surface area contributed by atoms with Crippen LogP contribution in [-0.4, -0.2) is 35.6 Å². The topological polar surface area (TPSA) is 81.1 Å². The van der Waals surface area contributed by atoms with Gasteiger partial charge in [0.25, 0.3) is 5.91 Å². The molecule has 0 radical (unpaired) electrons. The highest BCUT2D eigenvalue weighted by atomic mass is 79.9. The van der Waals surface area contributed by atoms with Gasteiger partial charge >= 0.3 is 0 Å². The zero-order valence-corrected chi connectivity index (χ0v) is 17.7. The molecule has 0 bridgehead atoms. The summed E-state index contributed by atoms with van der Waals surface area (Å²) >= 11 is 2.85. The number of rotatable bonds is 5. The number of nitrogens with zero attached hydrogens (tertiary/aromatic N) is 2. The van der Waals surface area contributed by atoms with Crippen molar-refractivity contribution >= 4 is 37.4 Å². The van der Waals surface area contributed by atoms with Crippen LogP contribution in [0.5, 0.6) is 0 Å². The van der Waals surface area contributed by atoms with Crippen molar-refractivity contribution < 1.29 is 30.8 Å². The molecule has 1 fully saturated rings. The van der Waals surface area contributed by atoms with E-state index in [0.717, 1.165) is 16.8 Å². The molecule has 1 aliphatic rings. The average Bonchev–Trinajstić information content (AvgIpc) is 2.84. The number of carbonyl (C=O) groups is 1. The first kappa shape index (κ1) is 21.8. The highest BCUT2D eigenvalue weighted by Crippen LogP contribution is 2.52. The molecule has 1 amide bonds. The summed E-state index contributed by atoms with van der Waals surface area (Å²) in [6, 6.07) is 1.15. The summed E-state index contributed by atoms with van der Waals surface area (Å²) in [5.74, 6) is -6.91. The lowest BCUT2D eigenvalue weighted by Crippen LogP contribution is -2.47. The molecule has 0 unspecified atom stereocenters. The Bertz CT molecular complexity index is 1090. The number of nitrogens with one attached hydrogen (secondary N) is 1. The predicted octanol–water partition coefficient (Wildman–Crippen LogP) is 3.92. The van der Waals surface area contributed by atoms with E-state index in [1.807, 2.05) is 0 Å². The van der Waals surface area contributed by atoms with Gasteiger partial charge in [-0.15, -0.1) is 0 Å². The number of pyridine rings is 1. The molecule has 0 aliphatic heterocycles. The molecule has 0 aromatic carbocycles. The zero-order valence-electron chi connectivity index (χ0n) is 15.3. The van der Waals surface area contributed by atoms with Gasteiger partial charge < -0.3 is 9.88 Å². The van der Waals surface area contributed by atoms with Gasteiger partial charge in [0.1, 0.15) is 15.2 Å². The third-order valence-corrected chi connectivity index (χ3v) is 7.23. The number of aromatic nitrogens is 2. The number of aryl methyl sites for hydroxylation is 1. The Hall–Kier alpha value is -1.95. The Morgan fingerprint density at radius 1 is 1.31 bits per heavy atom. The van der Waals surface area contributed by atoms with E-state index in [9.17, 15) is 30.8 Å². The van der Waals surface area contributed by atoms with Gasteiger partial charge in [-0.3, -0.25) is 4.79 Å². The number of hydrogen-bond donors (Lipinski definition) is 1. The fourth-order valence-corrected chi connectivity index (χ4v) is 5.87. The smallest absolute Gasteiger partial charge is 0.275 e. The lowest BCUT2D eigenvalue weighted by Gasteiger charge is -2.44. The molecule has 0 atom stereocenters. The predicted molar refractivity (Wildman–Crippen MR) is 99.6 cm³/mol. The first-order valence-corrected chi connectivity index (χ1v) is 10.8. The molecule has 1 saturated carbocycles. The molecule has 158 valence electrons. The van der Waals surface area contributed by atoms with E-state index >= 15 is 0 Å². The molecule has 1 N–H and O–H groups in total. The van der Waals surface area contributed by atoms with E-state index < -0.39 is 67.9 Å². The van der Waals surface area contributed by atoms with Crippen molar-refractivity contribution in [3.05, 3.63) is 40.4 Å². The molecule has 2 aromatic rings. The van der Waals surface area contributed by atoms with Crippen molar-refractivity contribution in [1.29, 1.82) is 0 Å². The van der Waals surface area contributed by atoms with Gasteiger partial charge in [0.2, 0.25) is 5.92 Å². The molecule has 2 aromatic heterocycles. The Morgan fingerprint density at radius 3 is 2.52 bits per heavy atom. The van der Waals surface area contributed by atoms with Crippen LogP contribution in [0.3, 0.4) is 0 Å². The third kappa shape index (κ3) is 4.18. The Kier molecular flexibility index (Phi) is 5.31. The molecule has 0 spiro atoms. The largest absolute Gasteiger partial charge is 0.343 e. The lowest BCUT2D eigenvalue weighted by atomic mass is 9.69. The van der Waals surface area contributed by atoms with Gasteiger partial charge in [0.05, 0.1) is 11.4 Å². The van der Waals surface area contributed by atoms with Crippen molar-refractivity contribution in [3.8, 4) is 0 Å². The summed E-state index contributed by atoms with van der Waals surface area (Å²) in [5, 5.41) is 2.16. The summed E-state index contributed by atoms with van der Waals surface area (Å²) in [6.07, 6.45) is 0.877.